The normalized spacial score (nSPS) is 12.3. The molecule has 1 amide bonds. The number of hydrazone groups is 1. The highest BCUT2D eigenvalue weighted by atomic mass is 35.5. The van der Waals surface area contributed by atoms with Crippen LogP contribution >= 0.6 is 23.4 Å². The maximum Gasteiger partial charge on any atom is 0.253 e. The van der Waals surface area contributed by atoms with Crippen LogP contribution in [-0.2, 0) is 4.79 Å². The number of carbonyl (C=O) groups is 1. The Kier molecular flexibility index (Phi) is 6.04. The van der Waals surface area contributed by atoms with E-state index < -0.39 is 0 Å². The second-order valence-corrected chi connectivity index (χ2v) is 6.65. The van der Waals surface area contributed by atoms with Crippen molar-refractivity contribution >= 4 is 35.5 Å². The van der Waals surface area contributed by atoms with Gasteiger partial charge in [-0.1, -0.05) is 47.5 Å². The number of rotatable bonds is 5. The van der Waals surface area contributed by atoms with Crippen LogP contribution in [-0.4, -0.2) is 17.4 Å². The van der Waals surface area contributed by atoms with Gasteiger partial charge in [0.2, 0.25) is 0 Å². The van der Waals surface area contributed by atoms with Crippen molar-refractivity contribution in [1.82, 2.24) is 5.43 Å². The summed E-state index contributed by atoms with van der Waals surface area (Å²) in [6.45, 7) is 3.89. The highest BCUT2D eigenvalue weighted by Crippen LogP contribution is 2.23. The zero-order chi connectivity index (χ0) is 15.9. The minimum absolute atomic E-state index is 0.145. The van der Waals surface area contributed by atoms with Gasteiger partial charge in [-0.25, -0.2) is 5.43 Å². The molecule has 0 saturated carbocycles. The van der Waals surface area contributed by atoms with Crippen LogP contribution < -0.4 is 5.43 Å². The van der Waals surface area contributed by atoms with Crippen molar-refractivity contribution in [1.29, 1.82) is 0 Å². The molecule has 0 aliphatic heterocycles. The van der Waals surface area contributed by atoms with Crippen LogP contribution in [0.2, 0.25) is 5.02 Å². The SMILES string of the molecule is Cc1ccc(S[C@@H](C)C(=O)N/N=C\c2ccccc2Cl)cc1. The molecule has 22 heavy (non-hydrogen) atoms. The fourth-order valence-corrected chi connectivity index (χ4v) is 2.76. The number of aryl methyl sites for hydroxylation is 1. The molecule has 0 unspecified atom stereocenters. The minimum Gasteiger partial charge on any atom is -0.272 e. The minimum atomic E-state index is -0.230. The van der Waals surface area contributed by atoms with Crippen molar-refractivity contribution in [3.63, 3.8) is 0 Å². The molecule has 1 N–H and O–H groups in total. The summed E-state index contributed by atoms with van der Waals surface area (Å²) in [7, 11) is 0. The highest BCUT2D eigenvalue weighted by Gasteiger charge is 2.13. The van der Waals surface area contributed by atoms with Crippen molar-refractivity contribution < 1.29 is 4.79 Å². The predicted octanol–water partition coefficient (Wildman–Crippen LogP) is 4.28. The van der Waals surface area contributed by atoms with Gasteiger partial charge in [-0.15, -0.1) is 11.8 Å². The first kappa shape index (κ1) is 16.6. The van der Waals surface area contributed by atoms with Gasteiger partial charge >= 0.3 is 0 Å². The van der Waals surface area contributed by atoms with Crippen molar-refractivity contribution in [3.8, 4) is 0 Å². The molecule has 0 radical (unpaired) electrons. The first-order valence-electron chi connectivity index (χ1n) is 6.87. The lowest BCUT2D eigenvalue weighted by Gasteiger charge is -2.09. The number of benzene rings is 2. The number of nitrogens with zero attached hydrogens (tertiary/aromatic N) is 1. The Morgan fingerprint density at radius 1 is 1.23 bits per heavy atom. The number of hydrogen-bond donors (Lipinski definition) is 1. The molecular formula is C17H17ClN2OS. The molecule has 3 nitrogen and oxygen atoms in total. The Hall–Kier alpha value is -1.78. The smallest absolute Gasteiger partial charge is 0.253 e. The fraction of sp³-hybridized carbons (Fsp3) is 0.176. The highest BCUT2D eigenvalue weighted by molar-refractivity contribution is 8.00. The molecule has 114 valence electrons. The van der Waals surface area contributed by atoms with Gasteiger partial charge in [-0.05, 0) is 32.0 Å². The largest absolute Gasteiger partial charge is 0.272 e. The van der Waals surface area contributed by atoms with Crippen LogP contribution in [0.15, 0.2) is 58.5 Å². The summed E-state index contributed by atoms with van der Waals surface area (Å²) in [5, 5.41) is 4.33. The molecule has 0 spiro atoms. The summed E-state index contributed by atoms with van der Waals surface area (Å²) in [5.41, 5.74) is 4.51. The van der Waals surface area contributed by atoms with Crippen LogP contribution in [0.3, 0.4) is 0 Å². The van der Waals surface area contributed by atoms with Crippen LogP contribution in [0.5, 0.6) is 0 Å². The third kappa shape index (κ3) is 4.90. The average molecular weight is 333 g/mol. The van der Waals surface area contributed by atoms with Crippen LogP contribution in [0.1, 0.15) is 18.1 Å². The average Bonchev–Trinajstić information content (AvgIpc) is 2.51. The first-order chi connectivity index (χ1) is 10.6. The quantitative estimate of drug-likeness (QED) is 0.504. The van der Waals surface area contributed by atoms with Gasteiger partial charge in [-0.2, -0.15) is 5.10 Å². The van der Waals surface area contributed by atoms with Crippen molar-refractivity contribution in [2.75, 3.05) is 0 Å². The molecule has 2 aromatic carbocycles. The molecule has 0 saturated heterocycles. The van der Waals surface area contributed by atoms with E-state index in [0.29, 0.717) is 5.02 Å². The van der Waals surface area contributed by atoms with E-state index in [1.165, 1.54) is 17.3 Å². The molecule has 0 heterocycles. The number of amides is 1. The molecule has 5 heteroatoms. The summed E-state index contributed by atoms with van der Waals surface area (Å²) in [6, 6.07) is 15.4. The van der Waals surface area contributed by atoms with E-state index in [1.54, 1.807) is 12.3 Å². The van der Waals surface area contributed by atoms with Gasteiger partial charge < -0.3 is 0 Å². The van der Waals surface area contributed by atoms with Crippen molar-refractivity contribution in [2.24, 2.45) is 5.10 Å². The van der Waals surface area contributed by atoms with Gasteiger partial charge in [0.05, 0.1) is 11.5 Å². The molecule has 1 atom stereocenters. The van der Waals surface area contributed by atoms with E-state index in [2.05, 4.69) is 10.5 Å². The number of thioether (sulfide) groups is 1. The van der Waals surface area contributed by atoms with Gasteiger partial charge in [0.15, 0.2) is 0 Å². The second-order valence-electron chi connectivity index (χ2n) is 4.83. The Morgan fingerprint density at radius 2 is 1.91 bits per heavy atom. The van der Waals surface area contributed by atoms with E-state index in [1.807, 2.05) is 56.3 Å². The molecular weight excluding hydrogens is 316 g/mol. The van der Waals surface area contributed by atoms with Gasteiger partial charge in [-0.3, -0.25) is 4.79 Å². The van der Waals surface area contributed by atoms with E-state index in [0.717, 1.165) is 10.5 Å². The van der Waals surface area contributed by atoms with Crippen LogP contribution in [0, 0.1) is 6.92 Å². The molecule has 0 bridgehead atoms. The number of nitrogens with one attached hydrogen (secondary N) is 1. The van der Waals surface area contributed by atoms with Crippen molar-refractivity contribution in [2.45, 2.75) is 24.0 Å². The zero-order valence-electron chi connectivity index (χ0n) is 12.4. The van der Waals surface area contributed by atoms with Gasteiger partial charge in [0.1, 0.15) is 0 Å². The summed E-state index contributed by atoms with van der Waals surface area (Å²) in [5.74, 6) is -0.145. The monoisotopic (exact) mass is 332 g/mol. The predicted molar refractivity (Wildman–Crippen MR) is 93.7 cm³/mol. The number of carbonyl (C=O) groups excluding carboxylic acids is 1. The molecule has 0 aliphatic carbocycles. The Bertz CT molecular complexity index is 671. The molecule has 2 aromatic rings. The molecule has 0 fully saturated rings. The molecule has 0 aliphatic rings. The summed E-state index contributed by atoms with van der Waals surface area (Å²) < 4.78 is 0. The zero-order valence-corrected chi connectivity index (χ0v) is 14.0. The standard InChI is InChI=1S/C17H17ClN2OS/c1-12-7-9-15(10-8-12)22-13(2)17(21)20-19-11-14-5-3-4-6-16(14)18/h3-11,13H,1-2H3,(H,20,21)/b19-11-/t13-/m0/s1. The maximum atomic E-state index is 12.0. The van der Waals surface area contributed by atoms with E-state index in [-0.39, 0.29) is 11.2 Å². The van der Waals surface area contributed by atoms with Gasteiger partial charge in [0, 0.05) is 15.5 Å². The third-order valence-electron chi connectivity index (χ3n) is 2.99. The van der Waals surface area contributed by atoms with Crippen molar-refractivity contribution in [3.05, 3.63) is 64.7 Å². The Labute approximate surface area is 139 Å². The lowest BCUT2D eigenvalue weighted by atomic mass is 10.2. The van der Waals surface area contributed by atoms with E-state index in [4.69, 9.17) is 11.6 Å². The number of hydrogen-bond acceptors (Lipinski definition) is 3. The lowest BCUT2D eigenvalue weighted by molar-refractivity contribution is -0.120. The van der Waals surface area contributed by atoms with Crippen LogP contribution in [0.4, 0.5) is 0 Å². The van der Waals surface area contributed by atoms with Crippen LogP contribution in [0.25, 0.3) is 0 Å². The molecule has 2 rings (SSSR count). The Morgan fingerprint density at radius 3 is 2.59 bits per heavy atom. The summed E-state index contributed by atoms with van der Waals surface area (Å²) in [4.78, 5) is 13.1. The maximum absolute atomic E-state index is 12.0. The fourth-order valence-electron chi connectivity index (χ4n) is 1.71. The van der Waals surface area contributed by atoms with Gasteiger partial charge in [0.25, 0.3) is 5.91 Å². The third-order valence-corrected chi connectivity index (χ3v) is 4.44. The second kappa shape index (κ2) is 8.01. The first-order valence-corrected chi connectivity index (χ1v) is 8.13. The molecule has 0 aromatic heterocycles. The summed E-state index contributed by atoms with van der Waals surface area (Å²) in [6.07, 6.45) is 1.55. The Balaban J connectivity index is 1.89. The van der Waals surface area contributed by atoms with E-state index >= 15 is 0 Å². The topological polar surface area (TPSA) is 41.5 Å². The lowest BCUT2D eigenvalue weighted by Crippen LogP contribution is -2.26. The summed E-state index contributed by atoms with van der Waals surface area (Å²) >= 11 is 7.51. The van der Waals surface area contributed by atoms with E-state index in [9.17, 15) is 4.79 Å². The number of halogens is 1.